The van der Waals surface area contributed by atoms with E-state index < -0.39 is 0 Å². The molecule has 0 radical (unpaired) electrons. The van der Waals surface area contributed by atoms with Crippen LogP contribution in [0, 0.1) is 11.8 Å². The number of Topliss-reactive ketones (excluding diaryl/α,β-unsaturated/α-hetero) is 1. The van der Waals surface area contributed by atoms with E-state index in [1.165, 1.54) is 38.6 Å². The van der Waals surface area contributed by atoms with Gasteiger partial charge in [-0.25, -0.2) is 0 Å². The molecule has 0 spiro atoms. The van der Waals surface area contributed by atoms with Crippen LogP contribution in [0.2, 0.25) is 0 Å². The van der Waals surface area contributed by atoms with E-state index in [9.17, 15) is 4.79 Å². The largest absolute Gasteiger partial charge is 0.300 e. The minimum atomic E-state index is 0.329. The molecule has 0 aromatic rings. The molecule has 2 fully saturated rings. The molecule has 0 unspecified atom stereocenters. The maximum Gasteiger partial charge on any atom is 0.134 e. The molecule has 2 heteroatoms. The molecule has 2 saturated heterocycles. The molecule has 0 aromatic heterocycles. The lowest BCUT2D eigenvalue weighted by Gasteiger charge is -2.46. The third kappa shape index (κ3) is 2.42. The molecule has 0 aromatic carbocycles. The minimum absolute atomic E-state index is 0.329. The number of carbonyl (C=O) groups is 1. The molecule has 0 aliphatic carbocycles. The SMILES string of the molecule is CCC[C@@H]1[C@@H](CC)C[C@H](C(C)=O)[C@@H]2CCCN12. The summed E-state index contributed by atoms with van der Waals surface area (Å²) in [5.74, 6) is 1.50. The van der Waals surface area contributed by atoms with E-state index in [2.05, 4.69) is 18.7 Å². The van der Waals surface area contributed by atoms with Crippen molar-refractivity contribution in [2.45, 2.75) is 71.4 Å². The number of piperidine rings is 1. The van der Waals surface area contributed by atoms with Gasteiger partial charge in [-0.05, 0) is 45.1 Å². The molecule has 17 heavy (non-hydrogen) atoms. The molecule has 0 bridgehead atoms. The highest BCUT2D eigenvalue weighted by atomic mass is 16.1. The quantitative estimate of drug-likeness (QED) is 0.748. The molecule has 0 saturated carbocycles. The summed E-state index contributed by atoms with van der Waals surface area (Å²) in [6.07, 6.45) is 7.52. The highest BCUT2D eigenvalue weighted by Crippen LogP contribution is 2.41. The number of ketones is 1. The summed E-state index contributed by atoms with van der Waals surface area (Å²) >= 11 is 0. The number of fused-ring (bicyclic) bond motifs is 1. The predicted molar refractivity (Wildman–Crippen MR) is 71.0 cm³/mol. The second kappa shape index (κ2) is 5.51. The Kier molecular flexibility index (Phi) is 4.24. The Morgan fingerprint density at radius 2 is 2.12 bits per heavy atom. The van der Waals surface area contributed by atoms with Gasteiger partial charge in [-0.15, -0.1) is 0 Å². The van der Waals surface area contributed by atoms with Crippen molar-refractivity contribution in [3.8, 4) is 0 Å². The van der Waals surface area contributed by atoms with Crippen molar-refractivity contribution in [3.05, 3.63) is 0 Å². The Hall–Kier alpha value is -0.370. The van der Waals surface area contributed by atoms with Crippen molar-refractivity contribution in [1.29, 1.82) is 0 Å². The van der Waals surface area contributed by atoms with Crippen molar-refractivity contribution in [2.75, 3.05) is 6.54 Å². The van der Waals surface area contributed by atoms with Crippen molar-refractivity contribution in [3.63, 3.8) is 0 Å². The first-order valence-corrected chi connectivity index (χ1v) is 7.45. The molecule has 98 valence electrons. The monoisotopic (exact) mass is 237 g/mol. The van der Waals surface area contributed by atoms with Gasteiger partial charge in [0.15, 0.2) is 0 Å². The van der Waals surface area contributed by atoms with Crippen molar-refractivity contribution >= 4 is 5.78 Å². The smallest absolute Gasteiger partial charge is 0.134 e. The Bertz CT molecular complexity index is 276. The van der Waals surface area contributed by atoms with Crippen LogP contribution < -0.4 is 0 Å². The summed E-state index contributed by atoms with van der Waals surface area (Å²) in [7, 11) is 0. The van der Waals surface area contributed by atoms with E-state index in [-0.39, 0.29) is 0 Å². The average molecular weight is 237 g/mol. The molecule has 2 nitrogen and oxygen atoms in total. The second-order valence-electron chi connectivity index (χ2n) is 5.92. The summed E-state index contributed by atoms with van der Waals surface area (Å²) in [4.78, 5) is 14.5. The van der Waals surface area contributed by atoms with Crippen LogP contribution in [0.1, 0.15) is 59.3 Å². The maximum absolute atomic E-state index is 11.8. The van der Waals surface area contributed by atoms with Crippen molar-refractivity contribution < 1.29 is 4.79 Å². The van der Waals surface area contributed by atoms with Crippen LogP contribution in [0.5, 0.6) is 0 Å². The van der Waals surface area contributed by atoms with E-state index >= 15 is 0 Å². The highest BCUT2D eigenvalue weighted by Gasteiger charge is 2.45. The summed E-state index contributed by atoms with van der Waals surface area (Å²) in [5.41, 5.74) is 0. The lowest BCUT2D eigenvalue weighted by atomic mass is 9.75. The van der Waals surface area contributed by atoms with Gasteiger partial charge in [-0.3, -0.25) is 9.69 Å². The van der Waals surface area contributed by atoms with Gasteiger partial charge in [0.1, 0.15) is 5.78 Å². The molecule has 2 aliphatic heterocycles. The zero-order chi connectivity index (χ0) is 12.4. The summed E-state index contributed by atoms with van der Waals surface area (Å²) in [6.45, 7) is 7.61. The summed E-state index contributed by atoms with van der Waals surface area (Å²) in [5, 5.41) is 0. The molecule has 4 atom stereocenters. The lowest BCUT2D eigenvalue weighted by molar-refractivity contribution is -0.126. The molecule has 0 N–H and O–H groups in total. The molecule has 2 heterocycles. The van der Waals surface area contributed by atoms with E-state index in [1.807, 2.05) is 0 Å². The van der Waals surface area contributed by atoms with Crippen LogP contribution in [-0.2, 0) is 4.79 Å². The number of rotatable bonds is 4. The zero-order valence-electron chi connectivity index (χ0n) is 11.6. The van der Waals surface area contributed by atoms with Gasteiger partial charge in [0.25, 0.3) is 0 Å². The van der Waals surface area contributed by atoms with Gasteiger partial charge in [0.05, 0.1) is 0 Å². The van der Waals surface area contributed by atoms with E-state index in [0.29, 0.717) is 17.7 Å². The van der Waals surface area contributed by atoms with Crippen molar-refractivity contribution in [2.24, 2.45) is 11.8 Å². The van der Waals surface area contributed by atoms with Gasteiger partial charge in [0, 0.05) is 18.0 Å². The fraction of sp³-hybridized carbons (Fsp3) is 0.933. The maximum atomic E-state index is 11.8. The zero-order valence-corrected chi connectivity index (χ0v) is 11.6. The van der Waals surface area contributed by atoms with E-state index in [4.69, 9.17) is 0 Å². The highest BCUT2D eigenvalue weighted by molar-refractivity contribution is 5.79. The Labute approximate surface area is 106 Å². The van der Waals surface area contributed by atoms with Crippen molar-refractivity contribution in [1.82, 2.24) is 4.90 Å². The molecule has 0 amide bonds. The van der Waals surface area contributed by atoms with Crippen LogP contribution in [0.4, 0.5) is 0 Å². The lowest BCUT2D eigenvalue weighted by Crippen LogP contribution is -2.53. The van der Waals surface area contributed by atoms with Crippen LogP contribution in [0.3, 0.4) is 0 Å². The summed E-state index contributed by atoms with van der Waals surface area (Å²) in [6, 6.07) is 1.33. The number of nitrogens with zero attached hydrogens (tertiary/aromatic N) is 1. The third-order valence-electron chi connectivity index (χ3n) is 4.96. The molecule has 2 rings (SSSR count). The Morgan fingerprint density at radius 3 is 2.71 bits per heavy atom. The van der Waals surface area contributed by atoms with Crippen LogP contribution in [0.15, 0.2) is 0 Å². The van der Waals surface area contributed by atoms with E-state index in [0.717, 1.165) is 18.4 Å². The minimum Gasteiger partial charge on any atom is -0.300 e. The fourth-order valence-corrected chi connectivity index (χ4v) is 4.14. The molecule has 2 aliphatic rings. The number of hydrogen-bond acceptors (Lipinski definition) is 2. The third-order valence-corrected chi connectivity index (χ3v) is 4.96. The van der Waals surface area contributed by atoms with Gasteiger partial charge in [0.2, 0.25) is 0 Å². The van der Waals surface area contributed by atoms with Gasteiger partial charge in [-0.1, -0.05) is 26.7 Å². The second-order valence-corrected chi connectivity index (χ2v) is 5.92. The van der Waals surface area contributed by atoms with Gasteiger partial charge < -0.3 is 0 Å². The normalized spacial score (nSPS) is 38.1. The first-order chi connectivity index (χ1) is 8.19. The van der Waals surface area contributed by atoms with E-state index in [1.54, 1.807) is 6.92 Å². The average Bonchev–Trinajstić information content (AvgIpc) is 2.78. The molecular weight excluding hydrogens is 210 g/mol. The molecular formula is C15H27NO. The van der Waals surface area contributed by atoms with Gasteiger partial charge in [-0.2, -0.15) is 0 Å². The summed E-state index contributed by atoms with van der Waals surface area (Å²) < 4.78 is 0. The fourth-order valence-electron chi connectivity index (χ4n) is 4.14. The van der Waals surface area contributed by atoms with Crippen LogP contribution in [0.25, 0.3) is 0 Å². The topological polar surface area (TPSA) is 20.3 Å². The number of hydrogen-bond donors (Lipinski definition) is 0. The predicted octanol–water partition coefficient (Wildman–Crippen LogP) is 3.25. The first kappa shape index (κ1) is 13.1. The Morgan fingerprint density at radius 1 is 1.35 bits per heavy atom. The van der Waals surface area contributed by atoms with Gasteiger partial charge >= 0.3 is 0 Å². The van der Waals surface area contributed by atoms with Crippen LogP contribution in [-0.4, -0.2) is 29.3 Å². The first-order valence-electron chi connectivity index (χ1n) is 7.45. The standard InChI is InChI=1S/C15H27NO/c1-4-7-14-12(5-2)10-13(11(3)17)15-8-6-9-16(14)15/h12-15H,4-10H2,1-3H3/t12-,13+,14+,15-/m0/s1. The Balaban J connectivity index is 2.17. The van der Waals surface area contributed by atoms with Crippen LogP contribution >= 0.6 is 0 Å². The number of carbonyl (C=O) groups excluding carboxylic acids is 1.